The molecule has 0 unspecified atom stereocenters. The van der Waals surface area contributed by atoms with Gasteiger partial charge in [-0.15, -0.1) is 0 Å². The summed E-state index contributed by atoms with van der Waals surface area (Å²) >= 11 is 0. The Hall–Kier alpha value is -4.03. The van der Waals surface area contributed by atoms with Crippen LogP contribution in [0.4, 0.5) is 0 Å². The van der Waals surface area contributed by atoms with Crippen LogP contribution in [0.5, 0.6) is 5.75 Å². The first kappa shape index (κ1) is 32.4. The second-order valence-electron chi connectivity index (χ2n) is 13.0. The van der Waals surface area contributed by atoms with Crippen LogP contribution >= 0.6 is 0 Å². The number of phenols is 1. The summed E-state index contributed by atoms with van der Waals surface area (Å²) < 4.78 is 0. The Bertz CT molecular complexity index is 1630. The Kier molecular flexibility index (Phi) is 8.67. The highest BCUT2D eigenvalue weighted by atomic mass is 16.3. The van der Waals surface area contributed by atoms with Gasteiger partial charge >= 0.3 is 0 Å². The Morgan fingerprint density at radius 3 is 2.38 bits per heavy atom. The van der Waals surface area contributed by atoms with E-state index in [1.54, 1.807) is 20.2 Å². The lowest BCUT2D eigenvalue weighted by atomic mass is 9.57. The zero-order chi connectivity index (χ0) is 33.0. The summed E-state index contributed by atoms with van der Waals surface area (Å²) in [6.45, 7) is 2.67. The summed E-state index contributed by atoms with van der Waals surface area (Å²) in [5, 5.41) is 45.4. The van der Waals surface area contributed by atoms with E-state index in [2.05, 4.69) is 43.1 Å². The Morgan fingerprint density at radius 1 is 1.02 bits per heavy atom. The molecule has 6 N–H and O–H groups in total. The monoisotopic (exact) mass is 618 g/mol. The molecule has 45 heavy (non-hydrogen) atoms. The van der Waals surface area contributed by atoms with Crippen molar-refractivity contribution in [2.45, 2.75) is 37.5 Å². The Morgan fingerprint density at radius 2 is 1.73 bits per heavy atom. The van der Waals surface area contributed by atoms with Gasteiger partial charge in [-0.2, -0.15) is 0 Å². The number of Topliss-reactive ketones (excluding diaryl/α,β-unsaturated/α-hetero) is 2. The minimum atomic E-state index is -2.66. The number of carbonyl (C=O) groups excluding carboxylic acids is 3. The molecule has 11 nitrogen and oxygen atoms in total. The lowest BCUT2D eigenvalue weighted by Crippen LogP contribution is -2.65. The molecule has 11 heteroatoms. The summed E-state index contributed by atoms with van der Waals surface area (Å²) in [4.78, 5) is 45.5. The fraction of sp³-hybridized carbons (Fsp3) is 0.441. The molecule has 0 spiro atoms. The number of likely N-dealkylation sites (N-methyl/N-ethyl adjacent to an activating group) is 1. The quantitative estimate of drug-likeness (QED) is 0.262. The van der Waals surface area contributed by atoms with Crippen molar-refractivity contribution in [1.29, 1.82) is 0 Å². The van der Waals surface area contributed by atoms with Crippen molar-refractivity contribution >= 4 is 23.2 Å². The van der Waals surface area contributed by atoms with Gasteiger partial charge in [0.25, 0.3) is 5.91 Å². The smallest absolute Gasteiger partial charge is 0.255 e. The molecule has 240 valence electrons. The van der Waals surface area contributed by atoms with Gasteiger partial charge in [-0.3, -0.25) is 19.3 Å². The minimum absolute atomic E-state index is 0.0403. The van der Waals surface area contributed by atoms with Crippen molar-refractivity contribution in [2.75, 3.05) is 48.3 Å². The van der Waals surface area contributed by atoms with Crippen LogP contribution in [0.1, 0.15) is 29.5 Å². The number of aliphatic hydroxyl groups excluding tert-OH is 2. The van der Waals surface area contributed by atoms with E-state index in [1.807, 2.05) is 12.1 Å². The average molecular weight is 619 g/mol. The van der Waals surface area contributed by atoms with Crippen LogP contribution in [-0.2, 0) is 27.3 Å². The van der Waals surface area contributed by atoms with Gasteiger partial charge in [-0.25, -0.2) is 0 Å². The molecule has 1 fully saturated rings. The third kappa shape index (κ3) is 5.43. The molecule has 0 aliphatic heterocycles. The predicted molar refractivity (Wildman–Crippen MR) is 169 cm³/mol. The van der Waals surface area contributed by atoms with Crippen LogP contribution in [-0.4, -0.2) is 113 Å². The second kappa shape index (κ2) is 12.1. The van der Waals surface area contributed by atoms with Crippen LogP contribution in [0.25, 0.3) is 16.9 Å². The van der Waals surface area contributed by atoms with Gasteiger partial charge in [-0.1, -0.05) is 24.3 Å². The highest BCUT2D eigenvalue weighted by Gasteiger charge is 2.64. The summed E-state index contributed by atoms with van der Waals surface area (Å²) in [5.74, 6) is -6.65. The third-order valence-corrected chi connectivity index (χ3v) is 9.44. The minimum Gasteiger partial charge on any atom is -0.508 e. The highest BCUT2D eigenvalue weighted by molar-refractivity contribution is 6.24. The molecule has 0 radical (unpaired) electrons. The number of phenolic OH excluding ortho intramolecular Hbond substituents is 1. The van der Waals surface area contributed by atoms with Crippen LogP contribution in [0.2, 0.25) is 0 Å². The van der Waals surface area contributed by atoms with E-state index in [0.717, 1.165) is 42.7 Å². The molecule has 0 heterocycles. The number of primary amides is 1. The molecule has 2 aromatic rings. The molecular formula is C34H42N4O7. The number of rotatable bonds is 9. The molecule has 1 amide bonds. The van der Waals surface area contributed by atoms with Crippen LogP contribution in [0.15, 0.2) is 53.3 Å². The zero-order valence-electron chi connectivity index (χ0n) is 26.4. The van der Waals surface area contributed by atoms with E-state index in [1.165, 1.54) is 11.0 Å². The molecule has 3 aliphatic carbocycles. The first-order valence-corrected chi connectivity index (χ1v) is 15.1. The van der Waals surface area contributed by atoms with E-state index in [4.69, 9.17) is 5.73 Å². The maximum atomic E-state index is 14.1. The summed E-state index contributed by atoms with van der Waals surface area (Å²) in [6.07, 6.45) is 1.31. The lowest BCUT2D eigenvalue weighted by molar-refractivity contribution is -0.153. The molecule has 3 aliphatic rings. The molecule has 0 saturated heterocycles. The maximum absolute atomic E-state index is 14.1. The fourth-order valence-corrected chi connectivity index (χ4v) is 7.40. The van der Waals surface area contributed by atoms with Gasteiger partial charge in [0.1, 0.15) is 22.8 Å². The van der Waals surface area contributed by atoms with Gasteiger partial charge in [0, 0.05) is 18.0 Å². The number of amides is 1. The van der Waals surface area contributed by atoms with E-state index in [9.17, 15) is 34.8 Å². The third-order valence-electron chi connectivity index (χ3n) is 9.44. The van der Waals surface area contributed by atoms with Crippen molar-refractivity contribution in [1.82, 2.24) is 14.7 Å². The first-order valence-electron chi connectivity index (χ1n) is 15.1. The topological polar surface area (TPSA) is 168 Å². The number of nitrogens with zero attached hydrogens (tertiary/aromatic N) is 3. The van der Waals surface area contributed by atoms with E-state index in [0.29, 0.717) is 5.56 Å². The predicted octanol–water partition coefficient (Wildman–Crippen LogP) is 2.01. The zero-order valence-corrected chi connectivity index (χ0v) is 26.4. The maximum Gasteiger partial charge on any atom is 0.255 e. The number of aliphatic hydroxyl groups is 3. The largest absolute Gasteiger partial charge is 0.508 e. The Labute approximate surface area is 262 Å². The Balaban J connectivity index is 1.57. The van der Waals surface area contributed by atoms with E-state index >= 15 is 0 Å². The average Bonchev–Trinajstić information content (AvgIpc) is 2.94. The van der Waals surface area contributed by atoms with Gasteiger partial charge in [-0.05, 0) is 108 Å². The fourth-order valence-electron chi connectivity index (χ4n) is 7.40. The van der Waals surface area contributed by atoms with Gasteiger partial charge in [0.2, 0.25) is 5.78 Å². The molecule has 5 rings (SSSR count). The standard InChI is InChI=1S/C34H42N4O7/c1-36(2)12-7-13-38(5)17-18-8-6-9-19(14-18)21-10-11-24(39)26-22(21)15-20-16-23-28(37(3)4)30(41)27(33(35)44)32(43)34(23,45)31(42)25(20)29(26)40/h6,8-11,14,20,23,28,39-40,43,45H,7,12-13,15-17H2,1-5H3,(H2,35,44)/t20-,23-,28-,34-/m0/s1. The lowest BCUT2D eigenvalue weighted by Gasteiger charge is -2.50. The molecule has 1 saturated carbocycles. The number of hydrogen-bond acceptors (Lipinski definition) is 10. The highest BCUT2D eigenvalue weighted by Crippen LogP contribution is 2.53. The normalized spacial score (nSPS) is 24.8. The van der Waals surface area contributed by atoms with Crippen LogP contribution in [0.3, 0.4) is 0 Å². The summed E-state index contributed by atoms with van der Waals surface area (Å²) in [5.41, 5.74) is 5.22. The van der Waals surface area contributed by atoms with Crippen molar-refractivity contribution < 1.29 is 34.8 Å². The van der Waals surface area contributed by atoms with E-state index < -0.39 is 58.0 Å². The first-order chi connectivity index (χ1) is 21.2. The number of hydrogen-bond donors (Lipinski definition) is 5. The number of nitrogens with two attached hydrogens (primary N) is 1. The number of ketones is 2. The molecule has 4 atom stereocenters. The number of aromatic hydroxyl groups is 1. The van der Waals surface area contributed by atoms with Gasteiger partial charge < -0.3 is 36.0 Å². The molecule has 0 aromatic heterocycles. The van der Waals surface area contributed by atoms with Crippen LogP contribution in [0, 0.1) is 11.8 Å². The SMILES string of the molecule is CN(C)CCCN(C)Cc1cccc(-c2ccc(O)c3c2C[C@H]2C[C@H]4[C@H](N(C)C)C(=O)C(C(N)=O)=C(O)[C@@]4(O)C(=O)C2=C3O)c1. The van der Waals surface area contributed by atoms with Crippen molar-refractivity contribution in [2.24, 2.45) is 17.6 Å². The van der Waals surface area contributed by atoms with Gasteiger partial charge in [0.15, 0.2) is 11.4 Å². The molecular weight excluding hydrogens is 576 g/mol. The summed E-state index contributed by atoms with van der Waals surface area (Å²) in [6, 6.07) is 10.2. The van der Waals surface area contributed by atoms with Crippen molar-refractivity contribution in [3.63, 3.8) is 0 Å². The van der Waals surface area contributed by atoms with Crippen molar-refractivity contribution in [3.05, 3.63) is 70.0 Å². The molecule has 0 bridgehead atoms. The van der Waals surface area contributed by atoms with Crippen molar-refractivity contribution in [3.8, 4) is 16.9 Å². The number of carbonyl (C=O) groups is 3. The number of benzene rings is 2. The van der Waals surface area contributed by atoms with Crippen LogP contribution < -0.4 is 5.73 Å². The van der Waals surface area contributed by atoms with E-state index in [-0.39, 0.29) is 29.7 Å². The number of fused-ring (bicyclic) bond motifs is 3. The second-order valence-corrected chi connectivity index (χ2v) is 13.0. The summed E-state index contributed by atoms with van der Waals surface area (Å²) in [7, 11) is 9.34. The van der Waals surface area contributed by atoms with Gasteiger partial charge in [0.05, 0.1) is 11.6 Å². The molecule has 2 aromatic carbocycles.